The van der Waals surface area contributed by atoms with Crippen LogP contribution in [-0.4, -0.2) is 37.0 Å². The molecule has 0 aromatic carbocycles. The van der Waals surface area contributed by atoms with E-state index in [1.165, 1.54) is 0 Å². The smallest absolute Gasteiger partial charge is 0.219 e. The number of halogens is 2. The molecule has 0 aromatic rings. The van der Waals surface area contributed by atoms with E-state index in [1.807, 2.05) is 4.90 Å². The predicted molar refractivity (Wildman–Crippen MR) is 56.6 cm³/mol. The van der Waals surface area contributed by atoms with E-state index in [-0.39, 0.29) is 30.7 Å². The summed E-state index contributed by atoms with van der Waals surface area (Å²) in [5.41, 5.74) is 0. The van der Waals surface area contributed by atoms with Gasteiger partial charge in [0.2, 0.25) is 5.91 Å². The Hall–Kier alpha value is 0.01000. The number of carbonyl (C=O) groups excluding carboxylic acids is 1. The average Bonchev–Trinajstić information content (AvgIpc) is 2.40. The maximum absolute atomic E-state index is 11.0. The van der Waals surface area contributed by atoms with E-state index >= 15 is 0 Å². The lowest BCUT2D eigenvalue weighted by Gasteiger charge is -2.13. The Labute approximate surface area is 91.1 Å². The van der Waals surface area contributed by atoms with Crippen LogP contribution in [0.3, 0.4) is 0 Å². The van der Waals surface area contributed by atoms with Crippen molar-refractivity contribution in [1.82, 2.24) is 10.2 Å². The van der Waals surface area contributed by atoms with Gasteiger partial charge in [-0.15, -0.1) is 24.8 Å². The SMILES string of the molecule is CC(=O)N1CC2CNCC2C1.Cl.Cl. The zero-order valence-electron chi connectivity index (χ0n) is 7.66. The van der Waals surface area contributed by atoms with Crippen LogP contribution in [0.15, 0.2) is 0 Å². The summed E-state index contributed by atoms with van der Waals surface area (Å²) in [6.07, 6.45) is 0. The zero-order chi connectivity index (χ0) is 7.84. The highest BCUT2D eigenvalue weighted by molar-refractivity contribution is 5.85. The Morgan fingerprint density at radius 3 is 2.08 bits per heavy atom. The Morgan fingerprint density at radius 2 is 1.69 bits per heavy atom. The van der Waals surface area contributed by atoms with E-state index in [0.29, 0.717) is 0 Å². The van der Waals surface area contributed by atoms with Gasteiger partial charge in [-0.1, -0.05) is 0 Å². The maximum Gasteiger partial charge on any atom is 0.219 e. The van der Waals surface area contributed by atoms with Crippen LogP contribution in [0.2, 0.25) is 0 Å². The fraction of sp³-hybridized carbons (Fsp3) is 0.875. The molecule has 2 rings (SSSR count). The third kappa shape index (κ3) is 2.48. The summed E-state index contributed by atoms with van der Waals surface area (Å²) in [6, 6.07) is 0. The zero-order valence-corrected chi connectivity index (χ0v) is 9.29. The van der Waals surface area contributed by atoms with Gasteiger partial charge in [0.05, 0.1) is 0 Å². The lowest BCUT2D eigenvalue weighted by Crippen LogP contribution is -2.29. The van der Waals surface area contributed by atoms with E-state index in [4.69, 9.17) is 0 Å². The topological polar surface area (TPSA) is 32.3 Å². The van der Waals surface area contributed by atoms with Gasteiger partial charge >= 0.3 is 0 Å². The van der Waals surface area contributed by atoms with Crippen LogP contribution in [0.4, 0.5) is 0 Å². The minimum atomic E-state index is 0. The van der Waals surface area contributed by atoms with Gasteiger partial charge in [0, 0.05) is 33.1 Å². The number of hydrogen-bond acceptors (Lipinski definition) is 2. The summed E-state index contributed by atoms with van der Waals surface area (Å²) in [5.74, 6) is 1.71. The van der Waals surface area contributed by atoms with Gasteiger partial charge in [0.15, 0.2) is 0 Å². The van der Waals surface area contributed by atoms with Crippen LogP contribution in [0, 0.1) is 11.8 Å². The van der Waals surface area contributed by atoms with Crippen molar-refractivity contribution in [2.24, 2.45) is 11.8 Å². The Kier molecular flexibility index (Phi) is 5.04. The highest BCUT2D eigenvalue weighted by Crippen LogP contribution is 2.25. The molecular formula is C8H16Cl2N2O. The van der Waals surface area contributed by atoms with E-state index < -0.39 is 0 Å². The summed E-state index contributed by atoms with van der Waals surface area (Å²) in [4.78, 5) is 13.0. The number of likely N-dealkylation sites (tertiary alicyclic amines) is 1. The standard InChI is InChI=1S/C8H14N2O.2ClH/c1-6(11)10-4-7-2-9-3-8(7)5-10;;/h7-9H,2-5H2,1H3;2*1H. The molecule has 2 aliphatic heterocycles. The van der Waals surface area contributed by atoms with E-state index in [0.717, 1.165) is 38.0 Å². The fourth-order valence-electron chi connectivity index (χ4n) is 2.11. The number of amides is 1. The molecule has 2 heterocycles. The van der Waals surface area contributed by atoms with Crippen molar-refractivity contribution < 1.29 is 4.79 Å². The second-order valence-corrected chi connectivity index (χ2v) is 3.60. The third-order valence-corrected chi connectivity index (χ3v) is 2.83. The second kappa shape index (κ2) is 5.03. The monoisotopic (exact) mass is 226 g/mol. The Bertz CT molecular complexity index is 177. The first-order chi connectivity index (χ1) is 5.27. The molecule has 13 heavy (non-hydrogen) atoms. The highest BCUT2D eigenvalue weighted by Gasteiger charge is 2.36. The van der Waals surface area contributed by atoms with Gasteiger partial charge in [0.25, 0.3) is 0 Å². The van der Waals surface area contributed by atoms with Crippen LogP contribution >= 0.6 is 24.8 Å². The molecule has 3 nitrogen and oxygen atoms in total. The van der Waals surface area contributed by atoms with Crippen LogP contribution < -0.4 is 5.32 Å². The lowest BCUT2D eigenvalue weighted by atomic mass is 10.0. The Morgan fingerprint density at radius 1 is 1.23 bits per heavy atom. The van der Waals surface area contributed by atoms with Gasteiger partial charge in [-0.3, -0.25) is 4.79 Å². The van der Waals surface area contributed by atoms with Gasteiger partial charge in [0.1, 0.15) is 0 Å². The molecule has 0 spiro atoms. The first-order valence-electron chi connectivity index (χ1n) is 4.23. The molecule has 0 bridgehead atoms. The maximum atomic E-state index is 11.0. The molecule has 0 radical (unpaired) electrons. The molecule has 0 saturated carbocycles. The molecule has 2 atom stereocenters. The van der Waals surface area contributed by atoms with Crippen LogP contribution in [0.1, 0.15) is 6.92 Å². The number of rotatable bonds is 0. The van der Waals surface area contributed by atoms with Gasteiger partial charge in [-0.05, 0) is 11.8 Å². The summed E-state index contributed by atoms with van der Waals surface area (Å²) in [7, 11) is 0. The van der Waals surface area contributed by atoms with Crippen molar-refractivity contribution in [2.45, 2.75) is 6.92 Å². The summed E-state index contributed by atoms with van der Waals surface area (Å²) in [5, 5.41) is 3.35. The fourth-order valence-corrected chi connectivity index (χ4v) is 2.11. The van der Waals surface area contributed by atoms with Crippen LogP contribution in [-0.2, 0) is 4.79 Å². The molecule has 2 saturated heterocycles. The van der Waals surface area contributed by atoms with Crippen molar-refractivity contribution in [3.05, 3.63) is 0 Å². The third-order valence-electron chi connectivity index (χ3n) is 2.83. The van der Waals surface area contributed by atoms with Crippen molar-refractivity contribution in [3.8, 4) is 0 Å². The number of carbonyl (C=O) groups is 1. The van der Waals surface area contributed by atoms with E-state index in [9.17, 15) is 4.79 Å². The molecule has 78 valence electrons. The minimum absolute atomic E-state index is 0. The van der Waals surface area contributed by atoms with E-state index in [1.54, 1.807) is 6.92 Å². The molecule has 2 aliphatic rings. The number of nitrogens with zero attached hydrogens (tertiary/aromatic N) is 1. The lowest BCUT2D eigenvalue weighted by molar-refractivity contribution is -0.128. The molecule has 0 aromatic heterocycles. The normalized spacial score (nSPS) is 30.4. The van der Waals surface area contributed by atoms with Crippen molar-refractivity contribution in [3.63, 3.8) is 0 Å². The Balaban J connectivity index is 0.000000720. The van der Waals surface area contributed by atoms with Crippen LogP contribution in [0.5, 0.6) is 0 Å². The molecule has 5 heteroatoms. The highest BCUT2D eigenvalue weighted by atomic mass is 35.5. The number of nitrogens with one attached hydrogen (secondary N) is 1. The molecule has 1 N–H and O–H groups in total. The molecule has 1 amide bonds. The van der Waals surface area contributed by atoms with Gasteiger partial charge in [-0.2, -0.15) is 0 Å². The van der Waals surface area contributed by atoms with Crippen molar-refractivity contribution >= 4 is 30.7 Å². The molecule has 2 fully saturated rings. The summed E-state index contributed by atoms with van der Waals surface area (Å²) >= 11 is 0. The van der Waals surface area contributed by atoms with Gasteiger partial charge < -0.3 is 10.2 Å². The molecule has 0 aliphatic carbocycles. The van der Waals surface area contributed by atoms with Crippen LogP contribution in [0.25, 0.3) is 0 Å². The molecule has 2 unspecified atom stereocenters. The average molecular weight is 227 g/mol. The summed E-state index contributed by atoms with van der Waals surface area (Å²) in [6.45, 7) is 5.83. The quantitative estimate of drug-likeness (QED) is 0.654. The first kappa shape index (κ1) is 13.0. The second-order valence-electron chi connectivity index (χ2n) is 3.60. The largest absolute Gasteiger partial charge is 0.342 e. The number of fused-ring (bicyclic) bond motifs is 1. The number of hydrogen-bond donors (Lipinski definition) is 1. The minimum Gasteiger partial charge on any atom is -0.342 e. The summed E-state index contributed by atoms with van der Waals surface area (Å²) < 4.78 is 0. The van der Waals surface area contributed by atoms with Crippen molar-refractivity contribution in [1.29, 1.82) is 0 Å². The van der Waals surface area contributed by atoms with E-state index in [2.05, 4.69) is 5.32 Å². The molecular weight excluding hydrogens is 211 g/mol. The first-order valence-corrected chi connectivity index (χ1v) is 4.23. The predicted octanol–water partition coefficient (Wildman–Crippen LogP) is 0.528. The van der Waals surface area contributed by atoms with Crippen molar-refractivity contribution in [2.75, 3.05) is 26.2 Å². The van der Waals surface area contributed by atoms with Gasteiger partial charge in [-0.25, -0.2) is 0 Å².